The van der Waals surface area contributed by atoms with Crippen LogP contribution in [-0.2, 0) is 30.1 Å². The summed E-state index contributed by atoms with van der Waals surface area (Å²) in [6.07, 6.45) is 14.9. The van der Waals surface area contributed by atoms with Crippen molar-refractivity contribution < 1.29 is 0 Å². The van der Waals surface area contributed by atoms with Gasteiger partial charge >= 0.3 is 0 Å². The number of hydrogen-bond acceptors (Lipinski definition) is 2. The lowest BCUT2D eigenvalue weighted by molar-refractivity contribution is 0.479. The van der Waals surface area contributed by atoms with Crippen molar-refractivity contribution in [2.45, 2.75) is 150 Å². The SMILES string of the molecule is CCCCCCc1cc(C)cc(C2(CCCCCCC3(c4ccc5c(c4)CC5)c4ccccc4-c4ccccc43)c3cc(N(c4ccc(Br)cc4)c4c(C)cc(C)cc4C)ccc3-c3ccc(N(c4ccc(Br)cc4)c4c(C)cc(C)cc4C)cc32)c1. The van der Waals surface area contributed by atoms with E-state index < -0.39 is 5.41 Å². The number of nitrogens with zero attached hydrogens (tertiary/aromatic N) is 2. The summed E-state index contributed by atoms with van der Waals surface area (Å²) in [6, 6.07) is 76.1. The molecule has 10 aromatic rings. The van der Waals surface area contributed by atoms with Gasteiger partial charge in [0.15, 0.2) is 0 Å². The summed E-state index contributed by atoms with van der Waals surface area (Å²) in [5, 5.41) is 0. The van der Waals surface area contributed by atoms with E-state index in [0.717, 1.165) is 65.3 Å². The number of halogens is 2. The first-order chi connectivity index (χ1) is 42.2. The largest absolute Gasteiger partial charge is 0.310 e. The molecule has 3 aliphatic rings. The standard InChI is InChI=1S/C83H82Br2N2/c1-9-10-11-14-21-61-48-56(4)49-65(50-61)83(43-20-13-12-19-42-82(64-29-28-62-26-27-63(62)51-64)76-24-17-15-22-72(76)73-23-16-18-25-77(73)82)78-52-70(86(68-34-30-66(84)31-35-68)80-57(5)44-54(2)45-58(80)6)38-40-74(78)75-41-39-71(53-79(75)83)87(69-36-32-67(85)33-37-69)81-59(7)46-55(3)47-60(81)8/h15-18,22-25,28-41,44-53H,9-14,19-21,26-27,42-43H2,1-8H3. The zero-order chi connectivity index (χ0) is 60.1. The van der Waals surface area contributed by atoms with Gasteiger partial charge in [0, 0.05) is 42.5 Å². The predicted molar refractivity (Wildman–Crippen MR) is 377 cm³/mol. The van der Waals surface area contributed by atoms with Crippen LogP contribution >= 0.6 is 31.9 Å². The van der Waals surface area contributed by atoms with Crippen LogP contribution in [0.1, 0.15) is 160 Å². The summed E-state index contributed by atoms with van der Waals surface area (Å²) in [4.78, 5) is 5.08. The van der Waals surface area contributed by atoms with E-state index in [0.29, 0.717) is 0 Å². The lowest BCUT2D eigenvalue weighted by Gasteiger charge is -2.36. The third kappa shape index (κ3) is 10.8. The molecule has 3 aliphatic carbocycles. The number of fused-ring (bicyclic) bond motifs is 7. The molecule has 0 radical (unpaired) electrons. The van der Waals surface area contributed by atoms with Gasteiger partial charge < -0.3 is 9.80 Å². The van der Waals surface area contributed by atoms with Crippen LogP contribution in [-0.4, -0.2) is 0 Å². The van der Waals surface area contributed by atoms with E-state index >= 15 is 0 Å². The summed E-state index contributed by atoms with van der Waals surface area (Å²) in [7, 11) is 0. The van der Waals surface area contributed by atoms with E-state index in [-0.39, 0.29) is 5.41 Å². The van der Waals surface area contributed by atoms with E-state index in [1.54, 1.807) is 0 Å². The van der Waals surface area contributed by atoms with Gasteiger partial charge in [0.25, 0.3) is 0 Å². The average molecular weight is 1270 g/mol. The minimum Gasteiger partial charge on any atom is -0.310 e. The fourth-order valence-corrected chi connectivity index (χ4v) is 16.6. The van der Waals surface area contributed by atoms with Crippen molar-refractivity contribution in [3.05, 3.63) is 292 Å². The topological polar surface area (TPSA) is 6.48 Å². The van der Waals surface area contributed by atoms with E-state index in [9.17, 15) is 0 Å². The van der Waals surface area contributed by atoms with Crippen LogP contribution in [0.15, 0.2) is 203 Å². The van der Waals surface area contributed by atoms with Crippen molar-refractivity contribution in [2.24, 2.45) is 0 Å². The molecule has 13 rings (SSSR count). The molecule has 0 bridgehead atoms. The number of benzene rings is 10. The van der Waals surface area contributed by atoms with Crippen LogP contribution in [0.2, 0.25) is 0 Å². The maximum Gasteiger partial charge on any atom is 0.0520 e. The molecule has 0 spiro atoms. The lowest BCUT2D eigenvalue weighted by Crippen LogP contribution is -2.28. The quantitative estimate of drug-likeness (QED) is 0.0702. The Kier molecular flexibility index (Phi) is 16.5. The maximum atomic E-state index is 3.80. The Bertz CT molecular complexity index is 3970. The maximum absolute atomic E-state index is 3.80. The van der Waals surface area contributed by atoms with Gasteiger partial charge in [0.2, 0.25) is 0 Å². The zero-order valence-corrected chi connectivity index (χ0v) is 55.5. The van der Waals surface area contributed by atoms with Crippen LogP contribution < -0.4 is 9.80 Å². The van der Waals surface area contributed by atoms with Gasteiger partial charge in [0.1, 0.15) is 0 Å². The van der Waals surface area contributed by atoms with E-state index in [1.807, 2.05) is 0 Å². The summed E-state index contributed by atoms with van der Waals surface area (Å²) in [6.45, 7) is 18.3. The molecule has 438 valence electrons. The molecule has 0 unspecified atom stereocenters. The third-order valence-corrected chi connectivity index (χ3v) is 20.9. The van der Waals surface area contributed by atoms with Gasteiger partial charge in [-0.3, -0.25) is 0 Å². The molecule has 0 atom stereocenters. The van der Waals surface area contributed by atoms with Gasteiger partial charge in [-0.15, -0.1) is 0 Å². The highest BCUT2D eigenvalue weighted by Gasteiger charge is 2.47. The van der Waals surface area contributed by atoms with Crippen LogP contribution in [0.4, 0.5) is 34.1 Å². The van der Waals surface area contributed by atoms with Crippen LogP contribution in [0.5, 0.6) is 0 Å². The first-order valence-corrected chi connectivity index (χ1v) is 33.8. The molecule has 0 saturated carbocycles. The van der Waals surface area contributed by atoms with Gasteiger partial charge in [-0.1, -0.05) is 222 Å². The molecule has 0 fully saturated rings. The Morgan fingerprint density at radius 3 is 1.26 bits per heavy atom. The molecule has 4 heteroatoms. The highest BCUT2D eigenvalue weighted by Crippen LogP contribution is 2.60. The van der Waals surface area contributed by atoms with Gasteiger partial charge in [-0.2, -0.15) is 0 Å². The normalized spacial score (nSPS) is 13.8. The smallest absolute Gasteiger partial charge is 0.0520 e. The summed E-state index contributed by atoms with van der Waals surface area (Å²) >= 11 is 7.61. The lowest BCUT2D eigenvalue weighted by atomic mass is 9.67. The Morgan fingerprint density at radius 2 is 0.793 bits per heavy atom. The van der Waals surface area contributed by atoms with Gasteiger partial charge in [-0.05, 0) is 254 Å². The number of anilines is 6. The van der Waals surface area contributed by atoms with Crippen molar-refractivity contribution >= 4 is 66.0 Å². The summed E-state index contributed by atoms with van der Waals surface area (Å²) in [5.41, 5.74) is 34.0. The monoisotopic (exact) mass is 1260 g/mol. The second-order valence-electron chi connectivity index (χ2n) is 25.9. The molecule has 0 N–H and O–H groups in total. The van der Waals surface area contributed by atoms with Gasteiger partial charge in [0.05, 0.1) is 11.4 Å². The number of rotatable bonds is 20. The Hall–Kier alpha value is -7.24. The highest BCUT2D eigenvalue weighted by atomic mass is 79.9. The Morgan fingerprint density at radius 1 is 0.356 bits per heavy atom. The van der Waals surface area contributed by atoms with Crippen molar-refractivity contribution in [1.82, 2.24) is 0 Å². The van der Waals surface area contributed by atoms with Crippen molar-refractivity contribution in [3.63, 3.8) is 0 Å². The van der Waals surface area contributed by atoms with Crippen molar-refractivity contribution in [2.75, 3.05) is 9.80 Å². The molecule has 0 aliphatic heterocycles. The predicted octanol–water partition coefficient (Wildman–Crippen LogP) is 24.2. The molecule has 0 amide bonds. The number of aryl methyl sites for hydroxylation is 10. The minimum absolute atomic E-state index is 0.187. The second-order valence-corrected chi connectivity index (χ2v) is 27.7. The van der Waals surface area contributed by atoms with E-state index in [4.69, 9.17) is 0 Å². The zero-order valence-electron chi connectivity index (χ0n) is 52.3. The second kappa shape index (κ2) is 24.4. The van der Waals surface area contributed by atoms with E-state index in [1.165, 1.54) is 173 Å². The minimum atomic E-state index is -0.483. The fourth-order valence-electron chi connectivity index (χ4n) is 16.1. The van der Waals surface area contributed by atoms with Crippen molar-refractivity contribution in [1.29, 1.82) is 0 Å². The molecule has 10 aromatic carbocycles. The molecular formula is C83H82Br2N2. The van der Waals surface area contributed by atoms with Gasteiger partial charge in [-0.25, -0.2) is 0 Å². The third-order valence-electron chi connectivity index (χ3n) is 19.8. The molecule has 0 heterocycles. The fraction of sp³-hybridized carbons (Fsp3) is 0.277. The van der Waals surface area contributed by atoms with Crippen LogP contribution in [0, 0.1) is 48.5 Å². The number of hydrogen-bond donors (Lipinski definition) is 0. The first-order valence-electron chi connectivity index (χ1n) is 32.2. The highest BCUT2D eigenvalue weighted by molar-refractivity contribution is 9.10. The molecule has 0 aromatic heterocycles. The Labute approximate surface area is 536 Å². The van der Waals surface area contributed by atoms with Crippen LogP contribution in [0.3, 0.4) is 0 Å². The first kappa shape index (κ1) is 58.8. The molecular weight excluding hydrogens is 1180 g/mol. The molecule has 2 nitrogen and oxygen atoms in total. The van der Waals surface area contributed by atoms with E-state index in [2.05, 4.69) is 291 Å². The molecule has 0 saturated heterocycles. The van der Waals surface area contributed by atoms with Crippen LogP contribution in [0.25, 0.3) is 22.3 Å². The Balaban J connectivity index is 0.975. The number of unbranched alkanes of at least 4 members (excludes halogenated alkanes) is 6. The van der Waals surface area contributed by atoms with Crippen molar-refractivity contribution in [3.8, 4) is 22.3 Å². The summed E-state index contributed by atoms with van der Waals surface area (Å²) in [5.74, 6) is 0. The average Bonchev–Trinajstić information content (AvgIpc) is 1.59. The molecule has 87 heavy (non-hydrogen) atoms. The summed E-state index contributed by atoms with van der Waals surface area (Å²) < 4.78 is 2.14.